The van der Waals surface area contributed by atoms with Gasteiger partial charge in [-0.2, -0.15) is 0 Å². The number of carbonyl (C=O) groups excluding carboxylic acids is 2. The maximum Gasteiger partial charge on any atom is 0.220 e. The molecule has 2 heterocycles. The number of nitrogens with one attached hydrogen (secondary N) is 1. The SMILES string of the molecule is O=C(CCC(=O)c1cccs1)NCCc1cccs1. The molecule has 3 nitrogen and oxygen atoms in total. The monoisotopic (exact) mass is 293 g/mol. The average Bonchev–Trinajstić information content (AvgIpc) is 3.08. The van der Waals surface area contributed by atoms with Crippen molar-refractivity contribution < 1.29 is 9.59 Å². The highest BCUT2D eigenvalue weighted by Crippen LogP contribution is 2.12. The van der Waals surface area contributed by atoms with Crippen LogP contribution in [0.3, 0.4) is 0 Å². The van der Waals surface area contributed by atoms with Gasteiger partial charge in [-0.3, -0.25) is 9.59 Å². The number of ketones is 1. The summed E-state index contributed by atoms with van der Waals surface area (Å²) in [7, 11) is 0. The second-order valence-electron chi connectivity index (χ2n) is 4.08. The van der Waals surface area contributed by atoms with Crippen molar-refractivity contribution in [3.63, 3.8) is 0 Å². The summed E-state index contributed by atoms with van der Waals surface area (Å²) in [5.74, 6) is -0.00938. The van der Waals surface area contributed by atoms with E-state index in [-0.39, 0.29) is 24.5 Å². The summed E-state index contributed by atoms with van der Waals surface area (Å²) in [6.07, 6.45) is 1.40. The summed E-state index contributed by atoms with van der Waals surface area (Å²) < 4.78 is 0. The minimum Gasteiger partial charge on any atom is -0.356 e. The molecule has 0 unspecified atom stereocenters. The highest BCUT2D eigenvalue weighted by Gasteiger charge is 2.09. The van der Waals surface area contributed by atoms with Gasteiger partial charge in [0.05, 0.1) is 4.88 Å². The van der Waals surface area contributed by atoms with E-state index in [1.54, 1.807) is 17.4 Å². The molecule has 0 spiro atoms. The third-order valence-corrected chi connectivity index (χ3v) is 4.50. The van der Waals surface area contributed by atoms with Crippen molar-refractivity contribution in [2.75, 3.05) is 6.54 Å². The van der Waals surface area contributed by atoms with E-state index in [1.807, 2.05) is 22.9 Å². The number of thiophene rings is 2. The lowest BCUT2D eigenvalue weighted by atomic mass is 10.2. The minimum absolute atomic E-state index is 0.0448. The average molecular weight is 293 g/mol. The van der Waals surface area contributed by atoms with Gasteiger partial charge in [0.15, 0.2) is 5.78 Å². The van der Waals surface area contributed by atoms with Gasteiger partial charge >= 0.3 is 0 Å². The molecule has 0 aliphatic rings. The minimum atomic E-state index is -0.0542. The molecule has 19 heavy (non-hydrogen) atoms. The summed E-state index contributed by atoms with van der Waals surface area (Å²) in [4.78, 5) is 25.3. The van der Waals surface area contributed by atoms with Crippen LogP contribution in [0.1, 0.15) is 27.4 Å². The predicted octanol–water partition coefficient (Wildman–Crippen LogP) is 3.13. The van der Waals surface area contributed by atoms with Gasteiger partial charge in [-0.15, -0.1) is 22.7 Å². The number of rotatable bonds is 7. The Bertz CT molecular complexity index is 518. The molecule has 1 amide bonds. The zero-order valence-electron chi connectivity index (χ0n) is 10.4. The van der Waals surface area contributed by atoms with Gasteiger partial charge in [0.1, 0.15) is 0 Å². The fraction of sp³-hybridized carbons (Fsp3) is 0.286. The normalized spacial score (nSPS) is 10.3. The lowest BCUT2D eigenvalue weighted by Crippen LogP contribution is -2.25. The summed E-state index contributed by atoms with van der Waals surface area (Å²) in [5, 5.41) is 6.73. The van der Waals surface area contributed by atoms with E-state index in [4.69, 9.17) is 0 Å². The number of carbonyl (C=O) groups is 2. The Kier molecular flexibility index (Phi) is 5.30. The van der Waals surface area contributed by atoms with Crippen LogP contribution in [0.5, 0.6) is 0 Å². The second kappa shape index (κ2) is 7.21. The molecule has 2 aromatic rings. The molecule has 0 bridgehead atoms. The molecular formula is C14H15NO2S2. The van der Waals surface area contributed by atoms with Crippen molar-refractivity contribution >= 4 is 34.4 Å². The van der Waals surface area contributed by atoms with Gasteiger partial charge < -0.3 is 5.32 Å². The van der Waals surface area contributed by atoms with E-state index in [0.717, 1.165) is 11.3 Å². The van der Waals surface area contributed by atoms with Crippen LogP contribution in [0, 0.1) is 0 Å². The van der Waals surface area contributed by atoms with Crippen LogP contribution < -0.4 is 5.32 Å². The Labute approximate surface area is 120 Å². The van der Waals surface area contributed by atoms with E-state index >= 15 is 0 Å². The van der Waals surface area contributed by atoms with Gasteiger partial charge in [0.2, 0.25) is 5.91 Å². The third-order valence-electron chi connectivity index (χ3n) is 2.65. The van der Waals surface area contributed by atoms with Gasteiger partial charge in [0, 0.05) is 24.3 Å². The van der Waals surface area contributed by atoms with E-state index in [9.17, 15) is 9.59 Å². The molecule has 0 aliphatic carbocycles. The Balaban J connectivity index is 1.63. The first-order chi connectivity index (χ1) is 9.25. The fourth-order valence-corrected chi connectivity index (χ4v) is 3.06. The first kappa shape index (κ1) is 14.0. The second-order valence-corrected chi connectivity index (χ2v) is 6.06. The molecule has 0 aromatic carbocycles. The lowest BCUT2D eigenvalue weighted by Gasteiger charge is -2.03. The van der Waals surface area contributed by atoms with Crippen molar-refractivity contribution in [1.82, 2.24) is 5.32 Å². The summed E-state index contributed by atoms with van der Waals surface area (Å²) in [6.45, 7) is 0.631. The largest absolute Gasteiger partial charge is 0.356 e. The zero-order chi connectivity index (χ0) is 13.5. The number of hydrogen-bond acceptors (Lipinski definition) is 4. The van der Waals surface area contributed by atoms with Gasteiger partial charge in [-0.05, 0) is 29.3 Å². The standard InChI is InChI=1S/C14H15NO2S2/c16-12(13-4-2-10-19-13)5-6-14(17)15-8-7-11-3-1-9-18-11/h1-4,9-10H,5-8H2,(H,15,17). The van der Waals surface area contributed by atoms with Crippen molar-refractivity contribution in [3.8, 4) is 0 Å². The number of Topliss-reactive ketones (excluding diaryl/α,β-unsaturated/α-hetero) is 1. The molecule has 100 valence electrons. The van der Waals surface area contributed by atoms with E-state index < -0.39 is 0 Å². The third kappa shape index (κ3) is 4.61. The molecule has 2 aromatic heterocycles. The maximum absolute atomic E-state index is 11.7. The molecule has 0 atom stereocenters. The molecule has 1 N–H and O–H groups in total. The van der Waals surface area contributed by atoms with Gasteiger partial charge in [-0.1, -0.05) is 12.1 Å². The van der Waals surface area contributed by atoms with Crippen molar-refractivity contribution in [3.05, 3.63) is 44.8 Å². The highest BCUT2D eigenvalue weighted by atomic mass is 32.1. The lowest BCUT2D eigenvalue weighted by molar-refractivity contribution is -0.121. The molecule has 5 heteroatoms. The Morgan fingerprint density at radius 3 is 2.53 bits per heavy atom. The molecule has 0 saturated carbocycles. The maximum atomic E-state index is 11.7. The topological polar surface area (TPSA) is 46.2 Å². The van der Waals surface area contributed by atoms with Crippen LogP contribution in [-0.2, 0) is 11.2 Å². The molecule has 0 saturated heterocycles. The van der Waals surface area contributed by atoms with Crippen LogP contribution in [0.4, 0.5) is 0 Å². The van der Waals surface area contributed by atoms with Crippen LogP contribution in [0.2, 0.25) is 0 Å². The fourth-order valence-electron chi connectivity index (χ4n) is 1.66. The summed E-state index contributed by atoms with van der Waals surface area (Å²) in [6, 6.07) is 7.69. The zero-order valence-corrected chi connectivity index (χ0v) is 12.1. The number of hydrogen-bond donors (Lipinski definition) is 1. The van der Waals surface area contributed by atoms with Crippen molar-refractivity contribution in [2.45, 2.75) is 19.3 Å². The van der Waals surface area contributed by atoms with Crippen LogP contribution in [0.25, 0.3) is 0 Å². The van der Waals surface area contributed by atoms with Crippen LogP contribution in [-0.4, -0.2) is 18.2 Å². The van der Waals surface area contributed by atoms with Gasteiger partial charge in [-0.25, -0.2) is 0 Å². The molecule has 0 aliphatic heterocycles. The predicted molar refractivity (Wildman–Crippen MR) is 78.9 cm³/mol. The molecular weight excluding hydrogens is 278 g/mol. The van der Waals surface area contributed by atoms with Gasteiger partial charge in [0.25, 0.3) is 0 Å². The van der Waals surface area contributed by atoms with E-state index in [1.165, 1.54) is 16.2 Å². The smallest absolute Gasteiger partial charge is 0.220 e. The molecule has 0 radical (unpaired) electrons. The van der Waals surface area contributed by atoms with Crippen LogP contribution >= 0.6 is 22.7 Å². The Hall–Kier alpha value is -1.46. The highest BCUT2D eigenvalue weighted by molar-refractivity contribution is 7.12. The molecule has 2 rings (SSSR count). The number of amides is 1. The molecule has 0 fully saturated rings. The first-order valence-corrected chi connectivity index (χ1v) is 7.87. The summed E-state index contributed by atoms with van der Waals surface area (Å²) >= 11 is 3.11. The first-order valence-electron chi connectivity index (χ1n) is 6.11. The van der Waals surface area contributed by atoms with Crippen LogP contribution in [0.15, 0.2) is 35.0 Å². The Morgan fingerprint density at radius 2 is 1.84 bits per heavy atom. The van der Waals surface area contributed by atoms with E-state index in [2.05, 4.69) is 11.4 Å². The summed E-state index contributed by atoms with van der Waals surface area (Å²) in [5.41, 5.74) is 0. The Morgan fingerprint density at radius 1 is 1.05 bits per heavy atom. The van der Waals surface area contributed by atoms with Crippen molar-refractivity contribution in [2.24, 2.45) is 0 Å². The van der Waals surface area contributed by atoms with E-state index in [0.29, 0.717) is 6.54 Å². The quantitative estimate of drug-likeness (QED) is 0.797. The van der Waals surface area contributed by atoms with Crippen molar-refractivity contribution in [1.29, 1.82) is 0 Å².